The van der Waals surface area contributed by atoms with Crippen LogP contribution < -0.4 is 35.6 Å². The molecule has 8 rings (SSSR count). The van der Waals surface area contributed by atoms with Gasteiger partial charge < -0.3 is 30.4 Å². The van der Waals surface area contributed by atoms with Gasteiger partial charge in [0.05, 0.1) is 20.9 Å². The highest BCUT2D eigenvalue weighted by Crippen LogP contribution is 2.29. The minimum atomic E-state index is -3.84. The molecular weight excluding hydrogens is 1080 g/mol. The van der Waals surface area contributed by atoms with Crippen molar-refractivity contribution in [3.05, 3.63) is 117 Å². The first-order valence-corrected chi connectivity index (χ1v) is 28.1. The largest absolute Gasteiger partial charge is 0.478 e. The number of primary sulfonamides is 2. The summed E-state index contributed by atoms with van der Waals surface area (Å²) in [5.74, 6) is 0.760. The second-order valence-electron chi connectivity index (χ2n) is 17.9. The van der Waals surface area contributed by atoms with Crippen molar-refractivity contribution in [1.29, 1.82) is 0 Å². The number of amides is 2. The van der Waals surface area contributed by atoms with Crippen molar-refractivity contribution in [1.82, 2.24) is 15.0 Å². The number of piperidine rings is 3. The van der Waals surface area contributed by atoms with Crippen LogP contribution in [0.25, 0.3) is 0 Å². The Bertz CT molecular complexity index is 2910. The van der Waals surface area contributed by atoms with Crippen molar-refractivity contribution in [3.8, 4) is 0 Å². The second kappa shape index (κ2) is 25.2. The van der Waals surface area contributed by atoms with E-state index >= 15 is 0 Å². The number of rotatable bonds is 12. The molecule has 22 heteroatoms. The van der Waals surface area contributed by atoms with E-state index in [1.807, 2.05) is 12.3 Å². The molecule has 3 aromatic heterocycles. The normalized spacial score (nSPS) is 15.2. The minimum absolute atomic E-state index is 0.0433. The van der Waals surface area contributed by atoms with Gasteiger partial charge in [-0.25, -0.2) is 46.9 Å². The molecule has 3 fully saturated rings. The number of benzene rings is 2. The number of carboxylic acids is 1. The zero-order valence-electron chi connectivity index (χ0n) is 39.7. The molecule has 3 saturated heterocycles. The number of nitrogens with two attached hydrogens (primary N) is 2. The number of carbonyl (C=O) groups is 3. The first-order chi connectivity index (χ1) is 33.8. The molecule has 3 aliphatic rings. The molecule has 0 unspecified atom stereocenters. The molecule has 0 spiro atoms. The standard InChI is InChI=1S/C21H28N4O3S.C17H19BrN4O3S.C11H13BrN2O2/c1-15(2)11-16-12-19(20(23-14-16)25-9-4-3-5-10-25)21(26)24-17-7-6-8-18(13-17)29(22,27)28;18-12-9-15(16(20-11-12)22-7-2-1-3-8-22)17(23)21-13-5-4-6-14(10-13)26(19,24)25;12-8-6-9(11(15)16)10(13-7-8)14-4-2-1-3-5-14/h6-8,12-15H,3-5,9-11H2,1-2H3,(H,24,26)(H2,22,27,28);4-6,9-11H,1-3,7-8H2,(H,21,23)(H2,19,24,25);6-7H,1-5H2,(H,15,16). The number of pyridine rings is 3. The highest BCUT2D eigenvalue weighted by molar-refractivity contribution is 9.10. The number of carbonyl (C=O) groups excluding carboxylic acids is 2. The number of aromatic carboxylic acids is 1. The number of hydrogen-bond donors (Lipinski definition) is 5. The summed E-state index contributed by atoms with van der Waals surface area (Å²) >= 11 is 6.60. The third-order valence-electron chi connectivity index (χ3n) is 11.8. The van der Waals surface area contributed by atoms with Crippen molar-refractivity contribution in [2.45, 2.75) is 87.8 Å². The molecule has 380 valence electrons. The summed E-state index contributed by atoms with van der Waals surface area (Å²) in [4.78, 5) is 56.5. The molecule has 2 amide bonds. The van der Waals surface area contributed by atoms with E-state index in [-0.39, 0.29) is 27.2 Å². The fourth-order valence-electron chi connectivity index (χ4n) is 8.41. The van der Waals surface area contributed by atoms with Gasteiger partial charge in [0.2, 0.25) is 20.0 Å². The second-order valence-corrected chi connectivity index (χ2v) is 22.8. The zero-order valence-corrected chi connectivity index (χ0v) is 44.5. The van der Waals surface area contributed by atoms with Crippen molar-refractivity contribution < 1.29 is 36.3 Å². The summed E-state index contributed by atoms with van der Waals surface area (Å²) < 4.78 is 47.6. The van der Waals surface area contributed by atoms with Crippen LogP contribution >= 0.6 is 31.9 Å². The third-order valence-corrected chi connectivity index (χ3v) is 14.5. The maximum atomic E-state index is 13.1. The van der Waals surface area contributed by atoms with Gasteiger partial charge in [0.1, 0.15) is 23.0 Å². The molecule has 3 aliphatic heterocycles. The lowest BCUT2D eigenvalue weighted by molar-refractivity contribution is 0.0696. The fraction of sp³-hybridized carbons (Fsp3) is 0.388. The number of hydrogen-bond acceptors (Lipinski definition) is 13. The molecule has 0 bridgehead atoms. The first-order valence-electron chi connectivity index (χ1n) is 23.4. The Morgan fingerprint density at radius 2 is 0.944 bits per heavy atom. The van der Waals surface area contributed by atoms with Gasteiger partial charge in [-0.2, -0.15) is 0 Å². The van der Waals surface area contributed by atoms with Crippen molar-refractivity contribution >= 4 is 98.5 Å². The molecule has 0 radical (unpaired) electrons. The predicted molar refractivity (Wildman–Crippen MR) is 283 cm³/mol. The highest BCUT2D eigenvalue weighted by atomic mass is 79.9. The van der Waals surface area contributed by atoms with E-state index in [9.17, 15) is 31.2 Å². The Morgan fingerprint density at radius 3 is 1.32 bits per heavy atom. The van der Waals surface area contributed by atoms with E-state index in [2.05, 4.69) is 86.0 Å². The Morgan fingerprint density at radius 1 is 0.577 bits per heavy atom. The van der Waals surface area contributed by atoms with Crippen LogP contribution in [0.15, 0.2) is 104 Å². The van der Waals surface area contributed by atoms with Crippen LogP contribution in [0, 0.1) is 5.92 Å². The SMILES string of the molecule is CC(C)Cc1cnc(N2CCCCC2)c(C(=O)Nc2cccc(S(N)(=O)=O)c2)c1.NS(=O)(=O)c1cccc(NC(=O)c2cc(Br)cnc2N2CCCCC2)c1.O=C(O)c1cc(Br)cnc1N1CCCCC1. The smallest absolute Gasteiger partial charge is 0.339 e. The number of aromatic nitrogens is 3. The Hall–Kier alpha value is -5.52. The number of halogens is 2. The molecule has 2 aromatic carbocycles. The van der Waals surface area contributed by atoms with Gasteiger partial charge in [0.15, 0.2) is 0 Å². The van der Waals surface area contributed by atoms with Crippen molar-refractivity contribution in [3.63, 3.8) is 0 Å². The van der Waals surface area contributed by atoms with Crippen LogP contribution in [0.5, 0.6) is 0 Å². The van der Waals surface area contributed by atoms with Crippen molar-refractivity contribution in [2.24, 2.45) is 16.2 Å². The highest BCUT2D eigenvalue weighted by Gasteiger charge is 2.24. The molecule has 0 aliphatic carbocycles. The molecule has 5 aromatic rings. The summed E-state index contributed by atoms with van der Waals surface area (Å²) in [6.45, 7) is 9.50. The Kier molecular flexibility index (Phi) is 19.5. The van der Waals surface area contributed by atoms with Crippen LogP contribution in [0.4, 0.5) is 28.8 Å². The molecule has 18 nitrogen and oxygen atoms in total. The predicted octanol–water partition coefficient (Wildman–Crippen LogP) is 8.44. The molecule has 6 heterocycles. The lowest BCUT2D eigenvalue weighted by Crippen LogP contribution is -2.32. The van der Waals surface area contributed by atoms with Crippen LogP contribution in [0.3, 0.4) is 0 Å². The van der Waals surface area contributed by atoms with Gasteiger partial charge in [0, 0.05) is 78.2 Å². The molecule has 0 atom stereocenters. The molecule has 0 saturated carbocycles. The topological polar surface area (TPSA) is 264 Å². The summed E-state index contributed by atoms with van der Waals surface area (Å²) in [5, 5.41) is 25.0. The van der Waals surface area contributed by atoms with E-state index in [4.69, 9.17) is 15.4 Å². The number of anilines is 5. The summed E-state index contributed by atoms with van der Waals surface area (Å²) in [6, 6.07) is 17.0. The average molecular weight is 1140 g/mol. The first kappa shape index (κ1) is 54.8. The monoisotopic (exact) mass is 1140 g/mol. The average Bonchev–Trinajstić information content (AvgIpc) is 3.34. The number of nitrogens with zero attached hydrogens (tertiary/aromatic N) is 6. The Labute approximate surface area is 432 Å². The minimum Gasteiger partial charge on any atom is -0.478 e. The van der Waals surface area contributed by atoms with Crippen LogP contribution in [-0.2, 0) is 26.5 Å². The number of sulfonamides is 2. The lowest BCUT2D eigenvalue weighted by atomic mass is 10.0. The zero-order chi connectivity index (χ0) is 51.3. The van der Waals surface area contributed by atoms with Crippen LogP contribution in [0.1, 0.15) is 108 Å². The summed E-state index contributed by atoms with van der Waals surface area (Å²) in [6.07, 6.45) is 16.1. The van der Waals surface area contributed by atoms with Crippen LogP contribution in [0.2, 0.25) is 0 Å². The maximum Gasteiger partial charge on any atom is 0.339 e. The van der Waals surface area contributed by atoms with Gasteiger partial charge in [-0.15, -0.1) is 0 Å². The van der Waals surface area contributed by atoms with E-state index in [1.54, 1.807) is 42.7 Å². The molecular formula is C49H60Br2N10O8S2. The van der Waals surface area contributed by atoms with Gasteiger partial charge in [0.25, 0.3) is 11.8 Å². The van der Waals surface area contributed by atoms with E-state index < -0.39 is 26.0 Å². The lowest BCUT2D eigenvalue weighted by Gasteiger charge is -2.29. The summed E-state index contributed by atoms with van der Waals surface area (Å²) in [5.41, 5.74) is 2.94. The van der Waals surface area contributed by atoms with Crippen LogP contribution in [-0.4, -0.2) is 93.9 Å². The van der Waals surface area contributed by atoms with Gasteiger partial charge in [-0.3, -0.25) is 9.59 Å². The van der Waals surface area contributed by atoms with E-state index in [1.165, 1.54) is 49.6 Å². The molecule has 7 N–H and O–H groups in total. The number of nitrogens with one attached hydrogen (secondary N) is 2. The van der Waals surface area contributed by atoms with Gasteiger partial charge >= 0.3 is 5.97 Å². The molecule has 71 heavy (non-hydrogen) atoms. The summed E-state index contributed by atoms with van der Waals surface area (Å²) in [7, 11) is -7.68. The van der Waals surface area contributed by atoms with Crippen molar-refractivity contribution in [2.75, 3.05) is 64.6 Å². The Balaban J connectivity index is 0.000000181. The quantitative estimate of drug-likeness (QED) is 0.0785. The number of carboxylic acid groups (broad SMARTS) is 1. The van der Waals surface area contributed by atoms with E-state index in [0.717, 1.165) is 89.8 Å². The fourth-order valence-corrected chi connectivity index (χ4v) is 10.2. The van der Waals surface area contributed by atoms with Gasteiger partial charge in [-0.1, -0.05) is 26.0 Å². The van der Waals surface area contributed by atoms with Gasteiger partial charge in [-0.05, 0) is 162 Å². The third kappa shape index (κ3) is 16.0. The maximum absolute atomic E-state index is 13.1. The van der Waals surface area contributed by atoms with E-state index in [0.29, 0.717) is 54.8 Å².